The van der Waals surface area contributed by atoms with Crippen LogP contribution in [0.1, 0.15) is 19.3 Å². The molecule has 29 heavy (non-hydrogen) atoms. The number of methoxy groups -OCH3 is 3. The van der Waals surface area contributed by atoms with Crippen molar-refractivity contribution in [2.24, 2.45) is 11.8 Å². The van der Waals surface area contributed by atoms with Crippen molar-refractivity contribution in [2.75, 3.05) is 52.4 Å². The molecular weight excluding hydrogens is 398 g/mol. The Labute approximate surface area is 177 Å². The van der Waals surface area contributed by atoms with Crippen LogP contribution < -0.4 is 29.7 Å². The second-order valence-corrected chi connectivity index (χ2v) is 7.25. The van der Waals surface area contributed by atoms with Crippen molar-refractivity contribution in [1.82, 2.24) is 10.6 Å². The van der Waals surface area contributed by atoms with Gasteiger partial charge in [0.1, 0.15) is 0 Å². The number of hydrogen-bond acceptors (Lipinski definition) is 6. The molecule has 1 aromatic rings. The number of ether oxygens (including phenoxy) is 3. The zero-order valence-corrected chi connectivity index (χ0v) is 18.0. The van der Waals surface area contributed by atoms with E-state index in [1.807, 2.05) is 0 Å². The molecule has 8 nitrogen and oxygen atoms in total. The van der Waals surface area contributed by atoms with Crippen LogP contribution in [-0.2, 0) is 9.59 Å². The first-order valence-electron chi connectivity index (χ1n) is 9.66. The highest BCUT2D eigenvalue weighted by atomic mass is 35.5. The van der Waals surface area contributed by atoms with E-state index in [0.29, 0.717) is 41.9 Å². The van der Waals surface area contributed by atoms with Crippen LogP contribution >= 0.6 is 12.4 Å². The van der Waals surface area contributed by atoms with Crippen LogP contribution in [0.4, 0.5) is 5.69 Å². The molecular formula is C20H30ClN3O5. The number of nitrogens with one attached hydrogen (secondary N) is 2. The van der Waals surface area contributed by atoms with Gasteiger partial charge in [-0.25, -0.2) is 0 Å². The van der Waals surface area contributed by atoms with E-state index in [4.69, 9.17) is 14.2 Å². The summed E-state index contributed by atoms with van der Waals surface area (Å²) < 4.78 is 16.1. The van der Waals surface area contributed by atoms with Gasteiger partial charge >= 0.3 is 0 Å². The molecule has 0 aliphatic carbocycles. The fourth-order valence-electron chi connectivity index (χ4n) is 3.84. The van der Waals surface area contributed by atoms with Gasteiger partial charge in [-0.05, 0) is 31.8 Å². The number of nitrogens with zero attached hydrogens (tertiary/aromatic N) is 1. The Balaban J connectivity index is 0.00000300. The molecule has 1 aromatic carbocycles. The molecule has 0 spiro atoms. The third kappa shape index (κ3) is 5.25. The van der Waals surface area contributed by atoms with Crippen molar-refractivity contribution in [3.8, 4) is 17.2 Å². The number of piperidine rings is 1. The number of anilines is 1. The molecule has 162 valence electrons. The van der Waals surface area contributed by atoms with Crippen molar-refractivity contribution in [1.29, 1.82) is 0 Å². The molecule has 2 aliphatic rings. The Hall–Kier alpha value is -2.19. The normalized spacial score (nSPS) is 21.3. The summed E-state index contributed by atoms with van der Waals surface area (Å²) in [5, 5.41) is 6.37. The molecule has 2 heterocycles. The molecule has 2 unspecified atom stereocenters. The number of benzene rings is 1. The first-order chi connectivity index (χ1) is 13.6. The summed E-state index contributed by atoms with van der Waals surface area (Å²) in [6.45, 7) is 2.97. The maximum atomic E-state index is 12.6. The van der Waals surface area contributed by atoms with E-state index < -0.39 is 0 Å². The lowest BCUT2D eigenvalue weighted by molar-refractivity contribution is -0.126. The Bertz CT molecular complexity index is 699. The minimum atomic E-state index is -0.358. The van der Waals surface area contributed by atoms with Crippen LogP contribution in [0.25, 0.3) is 0 Å². The molecule has 0 bridgehead atoms. The number of carbonyl (C=O) groups excluding carboxylic acids is 2. The van der Waals surface area contributed by atoms with E-state index in [0.717, 1.165) is 25.9 Å². The monoisotopic (exact) mass is 427 g/mol. The summed E-state index contributed by atoms with van der Waals surface area (Å²) in [5.74, 6) is 1.37. The van der Waals surface area contributed by atoms with Crippen LogP contribution in [0.5, 0.6) is 17.2 Å². The number of carbonyl (C=O) groups is 2. The van der Waals surface area contributed by atoms with Crippen molar-refractivity contribution in [3.05, 3.63) is 12.1 Å². The van der Waals surface area contributed by atoms with Gasteiger partial charge in [0.25, 0.3) is 0 Å². The molecule has 0 radical (unpaired) electrons. The Kier molecular flexibility index (Phi) is 8.40. The third-order valence-electron chi connectivity index (χ3n) is 5.42. The van der Waals surface area contributed by atoms with E-state index in [2.05, 4.69) is 10.6 Å². The van der Waals surface area contributed by atoms with E-state index in [1.54, 1.807) is 17.0 Å². The molecule has 2 aliphatic heterocycles. The van der Waals surface area contributed by atoms with Gasteiger partial charge in [0, 0.05) is 31.6 Å². The maximum absolute atomic E-state index is 12.6. The minimum Gasteiger partial charge on any atom is -0.493 e. The van der Waals surface area contributed by atoms with E-state index in [1.165, 1.54) is 21.3 Å². The molecule has 2 amide bonds. The van der Waals surface area contributed by atoms with Gasteiger partial charge in [0.05, 0.1) is 32.9 Å². The first kappa shape index (κ1) is 23.1. The van der Waals surface area contributed by atoms with Crippen LogP contribution in [0.2, 0.25) is 0 Å². The van der Waals surface area contributed by atoms with Gasteiger partial charge in [-0.3, -0.25) is 9.59 Å². The van der Waals surface area contributed by atoms with E-state index in [-0.39, 0.29) is 36.6 Å². The quantitative estimate of drug-likeness (QED) is 0.687. The predicted molar refractivity (Wildman–Crippen MR) is 112 cm³/mol. The lowest BCUT2D eigenvalue weighted by Crippen LogP contribution is -2.40. The van der Waals surface area contributed by atoms with E-state index in [9.17, 15) is 9.59 Å². The summed E-state index contributed by atoms with van der Waals surface area (Å²) in [7, 11) is 4.59. The van der Waals surface area contributed by atoms with Gasteiger partial charge in [-0.15, -0.1) is 12.4 Å². The highest BCUT2D eigenvalue weighted by Crippen LogP contribution is 2.42. The molecule has 2 fully saturated rings. The number of hydrogen-bond donors (Lipinski definition) is 2. The lowest BCUT2D eigenvalue weighted by Gasteiger charge is -2.23. The molecule has 9 heteroatoms. The van der Waals surface area contributed by atoms with Crippen LogP contribution in [-0.4, -0.2) is 59.3 Å². The van der Waals surface area contributed by atoms with Crippen molar-refractivity contribution >= 4 is 29.9 Å². The van der Waals surface area contributed by atoms with Crippen LogP contribution in [0, 0.1) is 11.8 Å². The van der Waals surface area contributed by atoms with Crippen LogP contribution in [0.3, 0.4) is 0 Å². The predicted octanol–water partition coefficient (Wildman–Crippen LogP) is 1.60. The zero-order valence-electron chi connectivity index (χ0n) is 17.2. The minimum absolute atomic E-state index is 0. The number of halogens is 1. The number of amides is 2. The first-order valence-corrected chi connectivity index (χ1v) is 9.66. The van der Waals surface area contributed by atoms with Crippen LogP contribution in [0.15, 0.2) is 12.1 Å². The van der Waals surface area contributed by atoms with Gasteiger partial charge in [-0.1, -0.05) is 0 Å². The molecule has 3 rings (SSSR count). The summed E-state index contributed by atoms with van der Waals surface area (Å²) >= 11 is 0. The van der Waals surface area contributed by atoms with Gasteiger partial charge in [0.2, 0.25) is 17.6 Å². The Morgan fingerprint density at radius 1 is 1.21 bits per heavy atom. The summed E-state index contributed by atoms with van der Waals surface area (Å²) in [5.41, 5.74) is 0.631. The largest absolute Gasteiger partial charge is 0.493 e. The van der Waals surface area contributed by atoms with Gasteiger partial charge in [0.15, 0.2) is 11.5 Å². The average molecular weight is 428 g/mol. The lowest BCUT2D eigenvalue weighted by atomic mass is 9.99. The molecule has 2 N–H and O–H groups in total. The average Bonchev–Trinajstić information content (AvgIpc) is 3.13. The summed E-state index contributed by atoms with van der Waals surface area (Å²) in [4.78, 5) is 26.8. The van der Waals surface area contributed by atoms with Crippen molar-refractivity contribution in [3.63, 3.8) is 0 Å². The van der Waals surface area contributed by atoms with E-state index >= 15 is 0 Å². The van der Waals surface area contributed by atoms with Gasteiger partial charge in [-0.2, -0.15) is 0 Å². The highest BCUT2D eigenvalue weighted by molar-refractivity contribution is 6.00. The van der Waals surface area contributed by atoms with Crippen molar-refractivity contribution < 1.29 is 23.8 Å². The topological polar surface area (TPSA) is 89.1 Å². The fraction of sp³-hybridized carbons (Fsp3) is 0.600. The Morgan fingerprint density at radius 3 is 2.45 bits per heavy atom. The zero-order chi connectivity index (χ0) is 20.1. The SMILES string of the molecule is COc1cc(N2CC(C(=O)NCC3CCCNC3)CC2=O)cc(OC)c1OC.Cl. The summed E-state index contributed by atoms with van der Waals surface area (Å²) in [6.07, 6.45) is 2.46. The third-order valence-corrected chi connectivity index (χ3v) is 5.42. The van der Waals surface area contributed by atoms with Gasteiger partial charge < -0.3 is 29.7 Å². The summed E-state index contributed by atoms with van der Waals surface area (Å²) in [6, 6.07) is 3.46. The standard InChI is InChI=1S/C20H29N3O5.ClH/c1-26-16-8-15(9-17(27-2)19(16)28-3)23-12-14(7-18(23)24)20(25)22-11-13-5-4-6-21-10-13;/h8-9,13-14,21H,4-7,10-12H2,1-3H3,(H,22,25);1H. The molecule has 0 saturated carbocycles. The highest BCUT2D eigenvalue weighted by Gasteiger charge is 2.36. The molecule has 2 saturated heterocycles. The number of rotatable bonds is 7. The van der Waals surface area contributed by atoms with Crippen molar-refractivity contribution in [2.45, 2.75) is 19.3 Å². The second-order valence-electron chi connectivity index (χ2n) is 7.25. The molecule has 2 atom stereocenters. The second kappa shape index (κ2) is 10.5. The molecule has 0 aromatic heterocycles. The Morgan fingerprint density at radius 2 is 1.90 bits per heavy atom. The fourth-order valence-corrected chi connectivity index (χ4v) is 3.84. The smallest absolute Gasteiger partial charge is 0.227 e. The maximum Gasteiger partial charge on any atom is 0.227 e.